The highest BCUT2D eigenvalue weighted by Crippen LogP contribution is 2.23. The maximum Gasteiger partial charge on any atom is 0.283 e. The van der Waals surface area contributed by atoms with Crippen LogP contribution in [0.3, 0.4) is 0 Å². The van der Waals surface area contributed by atoms with Crippen LogP contribution in [0.2, 0.25) is 5.02 Å². The summed E-state index contributed by atoms with van der Waals surface area (Å²) in [6.07, 6.45) is 3.03. The van der Waals surface area contributed by atoms with Crippen molar-refractivity contribution in [1.82, 2.24) is 15.3 Å². The van der Waals surface area contributed by atoms with Crippen LogP contribution >= 0.6 is 11.6 Å². The van der Waals surface area contributed by atoms with Crippen LogP contribution in [0.1, 0.15) is 16.1 Å². The number of carbonyl (C=O) groups is 1. The zero-order valence-corrected chi connectivity index (χ0v) is 10.3. The van der Waals surface area contributed by atoms with Gasteiger partial charge in [0.15, 0.2) is 0 Å². The Hall–Kier alpha value is -2.41. The summed E-state index contributed by atoms with van der Waals surface area (Å²) in [6, 6.07) is 3.90. The van der Waals surface area contributed by atoms with Crippen LogP contribution < -0.4 is 5.32 Å². The zero-order chi connectivity index (χ0) is 13.8. The Labute approximate surface area is 112 Å². The molecule has 0 spiro atoms. The average molecular weight is 281 g/mol. The largest absolute Gasteiger partial charge is 0.347 e. The number of nitrogens with zero attached hydrogens (tertiary/aromatic N) is 2. The molecule has 0 saturated carbocycles. The lowest BCUT2D eigenvalue weighted by atomic mass is 10.1. The molecule has 19 heavy (non-hydrogen) atoms. The number of nitro benzene ring substituents is 1. The van der Waals surface area contributed by atoms with Gasteiger partial charge >= 0.3 is 0 Å². The molecule has 98 valence electrons. The maximum absolute atomic E-state index is 11.9. The minimum Gasteiger partial charge on any atom is -0.347 e. The van der Waals surface area contributed by atoms with Crippen molar-refractivity contribution >= 4 is 23.2 Å². The van der Waals surface area contributed by atoms with E-state index >= 15 is 0 Å². The minimum absolute atomic E-state index is 0.0334. The van der Waals surface area contributed by atoms with Crippen LogP contribution in [0.4, 0.5) is 5.69 Å². The number of rotatable bonds is 4. The van der Waals surface area contributed by atoms with Crippen molar-refractivity contribution in [3.63, 3.8) is 0 Å². The molecule has 7 nitrogen and oxygen atoms in total. The molecule has 2 aromatic rings. The summed E-state index contributed by atoms with van der Waals surface area (Å²) in [7, 11) is 0. The third kappa shape index (κ3) is 3.08. The lowest BCUT2D eigenvalue weighted by molar-refractivity contribution is -0.385. The van der Waals surface area contributed by atoms with Gasteiger partial charge in [0.2, 0.25) is 0 Å². The highest BCUT2D eigenvalue weighted by atomic mass is 35.5. The van der Waals surface area contributed by atoms with E-state index in [-0.39, 0.29) is 22.8 Å². The van der Waals surface area contributed by atoms with Gasteiger partial charge in [-0.15, -0.1) is 0 Å². The molecule has 0 bridgehead atoms. The maximum atomic E-state index is 11.9. The summed E-state index contributed by atoms with van der Waals surface area (Å²) in [4.78, 5) is 28.7. The molecule has 2 rings (SSSR count). The Kier molecular flexibility index (Phi) is 3.76. The summed E-state index contributed by atoms with van der Waals surface area (Å²) in [6.45, 7) is 0.207. The van der Waals surface area contributed by atoms with E-state index in [9.17, 15) is 14.9 Å². The van der Waals surface area contributed by atoms with Crippen LogP contribution in [0.25, 0.3) is 0 Å². The van der Waals surface area contributed by atoms with Crippen molar-refractivity contribution in [3.8, 4) is 0 Å². The third-order valence-electron chi connectivity index (χ3n) is 2.40. The molecule has 0 aliphatic rings. The second-order valence-corrected chi connectivity index (χ2v) is 4.11. The van der Waals surface area contributed by atoms with Crippen LogP contribution in [0, 0.1) is 10.1 Å². The van der Waals surface area contributed by atoms with Gasteiger partial charge in [-0.2, -0.15) is 0 Å². The minimum atomic E-state index is -0.642. The van der Waals surface area contributed by atoms with Crippen molar-refractivity contribution < 1.29 is 9.72 Å². The molecule has 1 amide bonds. The van der Waals surface area contributed by atoms with Gasteiger partial charge in [0.1, 0.15) is 5.56 Å². The second-order valence-electron chi connectivity index (χ2n) is 3.68. The summed E-state index contributed by atoms with van der Waals surface area (Å²) in [5.41, 5.74) is 0.341. The van der Waals surface area contributed by atoms with E-state index in [2.05, 4.69) is 15.3 Å². The van der Waals surface area contributed by atoms with E-state index in [0.29, 0.717) is 5.69 Å². The monoisotopic (exact) mass is 280 g/mol. The van der Waals surface area contributed by atoms with Gasteiger partial charge in [-0.3, -0.25) is 14.9 Å². The highest BCUT2D eigenvalue weighted by Gasteiger charge is 2.20. The number of aromatic amines is 1. The first kappa shape index (κ1) is 13.0. The number of aromatic nitrogens is 2. The van der Waals surface area contributed by atoms with Crippen molar-refractivity contribution in [3.05, 3.63) is 57.1 Å². The molecule has 0 aliphatic carbocycles. The van der Waals surface area contributed by atoms with Gasteiger partial charge in [0.25, 0.3) is 11.6 Å². The molecule has 8 heteroatoms. The summed E-state index contributed by atoms with van der Waals surface area (Å²) < 4.78 is 0. The molecule has 0 saturated heterocycles. The number of nitro groups is 1. The number of hydrogen-bond donors (Lipinski definition) is 2. The number of hydrogen-bond acceptors (Lipinski definition) is 4. The standard InChI is InChI=1S/C11H9ClN4O3/c12-7-1-2-9(10(3-7)16(18)19)11(17)14-5-8-4-13-6-15-8/h1-4,6H,5H2,(H,13,15)(H,14,17). The van der Waals surface area contributed by atoms with Gasteiger partial charge in [-0.1, -0.05) is 11.6 Å². The predicted octanol–water partition coefficient (Wildman–Crippen LogP) is 1.90. The molecule has 0 fully saturated rings. The summed E-state index contributed by atoms with van der Waals surface area (Å²) in [5.74, 6) is -0.544. The first-order chi connectivity index (χ1) is 9.08. The fraction of sp³-hybridized carbons (Fsp3) is 0.0909. The number of H-pyrrole nitrogens is 1. The molecular weight excluding hydrogens is 272 g/mol. The number of amides is 1. The first-order valence-corrected chi connectivity index (χ1v) is 5.65. The van der Waals surface area contributed by atoms with Gasteiger partial charge < -0.3 is 10.3 Å². The Balaban J connectivity index is 2.16. The number of imidazole rings is 1. The molecular formula is C11H9ClN4O3. The highest BCUT2D eigenvalue weighted by molar-refractivity contribution is 6.31. The fourth-order valence-electron chi connectivity index (χ4n) is 1.50. The van der Waals surface area contributed by atoms with Crippen molar-refractivity contribution in [2.24, 2.45) is 0 Å². The average Bonchev–Trinajstić information content (AvgIpc) is 2.88. The molecule has 1 aromatic carbocycles. The second kappa shape index (κ2) is 5.49. The topological polar surface area (TPSA) is 101 Å². The Morgan fingerprint density at radius 3 is 2.95 bits per heavy atom. The van der Waals surface area contributed by atoms with Crippen LogP contribution in [0.5, 0.6) is 0 Å². The van der Waals surface area contributed by atoms with E-state index in [0.717, 1.165) is 6.07 Å². The predicted molar refractivity (Wildman–Crippen MR) is 67.9 cm³/mol. The molecule has 1 heterocycles. The number of carbonyl (C=O) groups excluding carboxylic acids is 1. The van der Waals surface area contributed by atoms with Gasteiger partial charge in [-0.25, -0.2) is 4.98 Å². The van der Waals surface area contributed by atoms with Gasteiger partial charge in [-0.05, 0) is 12.1 Å². The molecule has 0 unspecified atom stereocenters. The zero-order valence-electron chi connectivity index (χ0n) is 9.59. The first-order valence-electron chi connectivity index (χ1n) is 5.27. The van der Waals surface area contributed by atoms with Crippen LogP contribution in [-0.2, 0) is 6.54 Å². The Morgan fingerprint density at radius 2 is 2.32 bits per heavy atom. The number of halogens is 1. The van der Waals surface area contributed by atoms with Gasteiger partial charge in [0, 0.05) is 17.3 Å². The van der Waals surface area contributed by atoms with E-state index in [1.807, 2.05) is 0 Å². The fourth-order valence-corrected chi connectivity index (χ4v) is 1.67. The smallest absolute Gasteiger partial charge is 0.283 e. The number of nitrogens with one attached hydrogen (secondary N) is 2. The molecule has 2 N–H and O–H groups in total. The summed E-state index contributed by atoms with van der Waals surface area (Å²) >= 11 is 5.67. The Morgan fingerprint density at radius 1 is 1.53 bits per heavy atom. The lowest BCUT2D eigenvalue weighted by Crippen LogP contribution is -2.23. The van der Waals surface area contributed by atoms with E-state index in [1.54, 1.807) is 6.20 Å². The Bertz CT molecular complexity index is 612. The molecule has 0 atom stereocenters. The van der Waals surface area contributed by atoms with Crippen molar-refractivity contribution in [1.29, 1.82) is 0 Å². The molecule has 0 aliphatic heterocycles. The van der Waals surface area contributed by atoms with Crippen molar-refractivity contribution in [2.45, 2.75) is 6.54 Å². The SMILES string of the molecule is O=C(NCc1cnc[nH]1)c1ccc(Cl)cc1[N+](=O)[O-]. The van der Waals surface area contributed by atoms with E-state index in [1.165, 1.54) is 18.5 Å². The normalized spacial score (nSPS) is 10.2. The van der Waals surface area contributed by atoms with Crippen molar-refractivity contribution in [2.75, 3.05) is 0 Å². The van der Waals surface area contributed by atoms with Crippen LogP contribution in [-0.4, -0.2) is 20.8 Å². The van der Waals surface area contributed by atoms with Gasteiger partial charge in [0.05, 0.1) is 23.5 Å². The van der Waals surface area contributed by atoms with E-state index < -0.39 is 10.8 Å². The lowest BCUT2D eigenvalue weighted by Gasteiger charge is -2.04. The third-order valence-corrected chi connectivity index (χ3v) is 2.63. The van der Waals surface area contributed by atoms with Crippen LogP contribution in [0.15, 0.2) is 30.7 Å². The molecule has 1 aromatic heterocycles. The number of benzene rings is 1. The quantitative estimate of drug-likeness (QED) is 0.659. The van der Waals surface area contributed by atoms with E-state index in [4.69, 9.17) is 11.6 Å². The molecule has 0 radical (unpaired) electrons. The summed E-state index contributed by atoms with van der Waals surface area (Å²) in [5, 5.41) is 13.6.